The number of phenolic OH excluding ortho intramolecular Hbond substituents is 1. The van der Waals surface area contributed by atoms with Crippen molar-refractivity contribution in [2.45, 2.75) is 13.2 Å². The lowest BCUT2D eigenvalue weighted by atomic mass is 10.0. The number of rotatable bonds is 1. The van der Waals surface area contributed by atoms with Gasteiger partial charge in [0, 0.05) is 5.56 Å². The molecule has 2 aromatic rings. The van der Waals surface area contributed by atoms with Crippen molar-refractivity contribution < 1.29 is 14.4 Å². The molecule has 82 valence electrons. The van der Waals surface area contributed by atoms with Crippen molar-refractivity contribution in [3.8, 4) is 16.9 Å². The SMILES string of the molecule is Nc1oncc1-c1cc2c(cc1O)COC2. The Balaban J connectivity index is 2.18. The molecular formula is C11H10N2O3. The molecular weight excluding hydrogens is 208 g/mol. The number of phenols is 1. The van der Waals surface area contributed by atoms with E-state index in [-0.39, 0.29) is 11.6 Å². The molecule has 0 spiro atoms. The van der Waals surface area contributed by atoms with Crippen molar-refractivity contribution >= 4 is 5.88 Å². The van der Waals surface area contributed by atoms with Gasteiger partial charge in [0.25, 0.3) is 0 Å². The van der Waals surface area contributed by atoms with Crippen LogP contribution in [0.15, 0.2) is 22.9 Å². The molecule has 1 aromatic heterocycles. The number of fused-ring (bicyclic) bond motifs is 1. The summed E-state index contributed by atoms with van der Waals surface area (Å²) in [6, 6.07) is 3.56. The molecule has 0 aliphatic carbocycles. The first kappa shape index (κ1) is 9.23. The highest BCUT2D eigenvalue weighted by Crippen LogP contribution is 2.37. The van der Waals surface area contributed by atoms with Crippen LogP contribution in [0.3, 0.4) is 0 Å². The van der Waals surface area contributed by atoms with Crippen LogP contribution < -0.4 is 5.73 Å². The maximum Gasteiger partial charge on any atom is 0.230 e. The molecule has 2 heterocycles. The Morgan fingerprint density at radius 3 is 2.62 bits per heavy atom. The van der Waals surface area contributed by atoms with E-state index in [2.05, 4.69) is 5.16 Å². The molecule has 1 aromatic carbocycles. The smallest absolute Gasteiger partial charge is 0.230 e. The molecule has 0 saturated heterocycles. The molecule has 1 aliphatic heterocycles. The lowest BCUT2D eigenvalue weighted by Gasteiger charge is -2.05. The molecule has 16 heavy (non-hydrogen) atoms. The summed E-state index contributed by atoms with van der Waals surface area (Å²) >= 11 is 0. The molecule has 0 radical (unpaired) electrons. The van der Waals surface area contributed by atoms with Gasteiger partial charge in [-0.1, -0.05) is 5.16 Å². The zero-order chi connectivity index (χ0) is 11.1. The molecule has 0 bridgehead atoms. The summed E-state index contributed by atoms with van der Waals surface area (Å²) in [6.07, 6.45) is 1.49. The Morgan fingerprint density at radius 1 is 1.19 bits per heavy atom. The zero-order valence-electron chi connectivity index (χ0n) is 8.43. The third-order valence-corrected chi connectivity index (χ3v) is 2.72. The van der Waals surface area contributed by atoms with Crippen LogP contribution in [-0.4, -0.2) is 10.3 Å². The monoisotopic (exact) mass is 218 g/mol. The van der Waals surface area contributed by atoms with E-state index in [1.54, 1.807) is 6.07 Å². The number of benzene rings is 1. The molecule has 0 atom stereocenters. The fourth-order valence-electron chi connectivity index (χ4n) is 1.88. The maximum atomic E-state index is 9.89. The predicted molar refractivity (Wildman–Crippen MR) is 56.5 cm³/mol. The molecule has 3 N–H and O–H groups in total. The standard InChI is InChI=1S/C11H10N2O3/c12-11-9(3-13-16-11)8-1-6-4-15-5-7(6)2-10(8)14/h1-3,14H,4-5,12H2. The summed E-state index contributed by atoms with van der Waals surface area (Å²) in [5, 5.41) is 13.5. The first-order valence-electron chi connectivity index (χ1n) is 4.89. The lowest BCUT2D eigenvalue weighted by molar-refractivity contribution is 0.134. The van der Waals surface area contributed by atoms with E-state index in [1.807, 2.05) is 6.07 Å². The number of anilines is 1. The number of hydrogen-bond acceptors (Lipinski definition) is 5. The molecule has 0 fully saturated rings. The number of hydrogen-bond donors (Lipinski definition) is 2. The fourth-order valence-corrected chi connectivity index (χ4v) is 1.88. The molecule has 0 amide bonds. The van der Waals surface area contributed by atoms with Crippen molar-refractivity contribution in [3.63, 3.8) is 0 Å². The Labute approximate surface area is 91.4 Å². The van der Waals surface area contributed by atoms with Crippen LogP contribution in [0.4, 0.5) is 5.88 Å². The van der Waals surface area contributed by atoms with E-state index in [0.717, 1.165) is 11.1 Å². The number of nitrogen functional groups attached to an aromatic ring is 1. The average molecular weight is 218 g/mol. The van der Waals surface area contributed by atoms with Crippen LogP contribution >= 0.6 is 0 Å². The van der Waals surface area contributed by atoms with Gasteiger partial charge in [-0.25, -0.2) is 0 Å². The van der Waals surface area contributed by atoms with Crippen LogP contribution in [0.5, 0.6) is 5.75 Å². The third kappa shape index (κ3) is 1.25. The van der Waals surface area contributed by atoms with Crippen molar-refractivity contribution in [1.82, 2.24) is 5.16 Å². The highest BCUT2D eigenvalue weighted by molar-refractivity contribution is 5.77. The Bertz CT molecular complexity index is 548. The summed E-state index contributed by atoms with van der Waals surface area (Å²) in [6.45, 7) is 1.11. The Morgan fingerprint density at radius 2 is 1.94 bits per heavy atom. The zero-order valence-corrected chi connectivity index (χ0v) is 8.43. The highest BCUT2D eigenvalue weighted by Gasteiger charge is 2.18. The van der Waals surface area contributed by atoms with Crippen LogP contribution in [0.2, 0.25) is 0 Å². The van der Waals surface area contributed by atoms with E-state index in [4.69, 9.17) is 15.0 Å². The second-order valence-electron chi connectivity index (χ2n) is 3.73. The summed E-state index contributed by atoms with van der Waals surface area (Å²) in [7, 11) is 0. The first-order valence-corrected chi connectivity index (χ1v) is 4.89. The number of nitrogens with two attached hydrogens (primary N) is 1. The summed E-state index contributed by atoms with van der Waals surface area (Å²) in [4.78, 5) is 0. The number of aromatic hydroxyl groups is 1. The molecule has 0 unspecified atom stereocenters. The van der Waals surface area contributed by atoms with Gasteiger partial charge in [-0.05, 0) is 23.3 Å². The first-order chi connectivity index (χ1) is 7.75. The molecule has 5 heteroatoms. The van der Waals surface area contributed by atoms with Crippen molar-refractivity contribution in [3.05, 3.63) is 29.5 Å². The van der Waals surface area contributed by atoms with Crippen LogP contribution in [-0.2, 0) is 18.0 Å². The van der Waals surface area contributed by atoms with E-state index in [9.17, 15) is 5.11 Å². The van der Waals surface area contributed by atoms with Crippen LogP contribution in [0.1, 0.15) is 11.1 Å². The van der Waals surface area contributed by atoms with Gasteiger partial charge in [0.15, 0.2) is 0 Å². The largest absolute Gasteiger partial charge is 0.507 e. The minimum Gasteiger partial charge on any atom is -0.507 e. The van der Waals surface area contributed by atoms with Crippen LogP contribution in [0, 0.1) is 0 Å². The van der Waals surface area contributed by atoms with E-state index >= 15 is 0 Å². The average Bonchev–Trinajstić information content (AvgIpc) is 2.85. The van der Waals surface area contributed by atoms with Gasteiger partial charge in [0.05, 0.1) is 25.0 Å². The normalized spacial score (nSPS) is 14.0. The quantitative estimate of drug-likeness (QED) is 0.760. The predicted octanol–water partition coefficient (Wildman–Crippen LogP) is 1.66. The third-order valence-electron chi connectivity index (χ3n) is 2.72. The van der Waals surface area contributed by atoms with Crippen LogP contribution in [0.25, 0.3) is 11.1 Å². The Kier molecular flexibility index (Phi) is 1.87. The van der Waals surface area contributed by atoms with Gasteiger partial charge < -0.3 is 20.1 Å². The van der Waals surface area contributed by atoms with E-state index in [1.165, 1.54) is 6.20 Å². The highest BCUT2D eigenvalue weighted by atomic mass is 16.5. The van der Waals surface area contributed by atoms with Gasteiger partial charge in [0.1, 0.15) is 5.75 Å². The maximum absolute atomic E-state index is 9.89. The van der Waals surface area contributed by atoms with Crippen molar-refractivity contribution in [2.75, 3.05) is 5.73 Å². The molecule has 1 aliphatic rings. The van der Waals surface area contributed by atoms with E-state index < -0.39 is 0 Å². The van der Waals surface area contributed by atoms with Crippen molar-refractivity contribution in [2.24, 2.45) is 0 Å². The minimum absolute atomic E-state index is 0.166. The minimum atomic E-state index is 0.166. The number of nitrogens with zero attached hydrogens (tertiary/aromatic N) is 1. The van der Waals surface area contributed by atoms with E-state index in [0.29, 0.717) is 24.3 Å². The summed E-state index contributed by atoms with van der Waals surface area (Å²) < 4.78 is 10.1. The Hall–Kier alpha value is -2.01. The van der Waals surface area contributed by atoms with Gasteiger partial charge in [-0.3, -0.25) is 0 Å². The van der Waals surface area contributed by atoms with Crippen molar-refractivity contribution in [1.29, 1.82) is 0 Å². The number of ether oxygens (including phenoxy) is 1. The molecule has 0 saturated carbocycles. The van der Waals surface area contributed by atoms with Gasteiger partial charge in [0.2, 0.25) is 5.88 Å². The lowest BCUT2D eigenvalue weighted by Crippen LogP contribution is -1.89. The second-order valence-corrected chi connectivity index (χ2v) is 3.73. The van der Waals surface area contributed by atoms with Gasteiger partial charge >= 0.3 is 0 Å². The molecule has 5 nitrogen and oxygen atoms in total. The van der Waals surface area contributed by atoms with Gasteiger partial charge in [-0.2, -0.15) is 0 Å². The molecule has 3 rings (SSSR count). The topological polar surface area (TPSA) is 81.5 Å². The second kappa shape index (κ2) is 3.24. The fraction of sp³-hybridized carbons (Fsp3) is 0.182. The van der Waals surface area contributed by atoms with Gasteiger partial charge in [-0.15, -0.1) is 0 Å². The summed E-state index contributed by atoms with van der Waals surface area (Å²) in [5.41, 5.74) is 8.92. The number of aromatic nitrogens is 1. The summed E-state index contributed by atoms with van der Waals surface area (Å²) in [5.74, 6) is 0.369.